The van der Waals surface area contributed by atoms with Crippen molar-refractivity contribution in [2.75, 3.05) is 11.5 Å². The summed E-state index contributed by atoms with van der Waals surface area (Å²) in [6.45, 7) is 3.29. The van der Waals surface area contributed by atoms with Crippen molar-refractivity contribution in [3.05, 3.63) is 18.2 Å². The van der Waals surface area contributed by atoms with Crippen molar-refractivity contribution in [1.82, 2.24) is 25.9 Å². The Balaban J connectivity index is 2.91. The summed E-state index contributed by atoms with van der Waals surface area (Å²) in [7, 11) is 0. The highest BCUT2D eigenvalue weighted by molar-refractivity contribution is 7.80. The van der Waals surface area contributed by atoms with E-state index in [1.807, 2.05) is 0 Å². The number of carbonyl (C=O) groups is 4. The highest BCUT2D eigenvalue weighted by Crippen LogP contribution is 2.04. The second-order valence-corrected chi connectivity index (χ2v) is 7.67. The molecule has 11 nitrogen and oxygen atoms in total. The molecule has 7 N–H and O–H groups in total. The predicted octanol–water partition coefficient (Wildman–Crippen LogP) is -1.67. The number of nitrogens with two attached hydrogens (primary N) is 1. The van der Waals surface area contributed by atoms with Gasteiger partial charge in [0.1, 0.15) is 18.1 Å². The number of rotatable bonds is 12. The number of carboxylic acid groups (broad SMARTS) is 1. The van der Waals surface area contributed by atoms with Crippen molar-refractivity contribution in [1.29, 1.82) is 0 Å². The molecule has 0 spiro atoms. The van der Waals surface area contributed by atoms with Gasteiger partial charge in [-0.2, -0.15) is 25.3 Å². The Morgan fingerprint density at radius 3 is 2.13 bits per heavy atom. The minimum absolute atomic E-state index is 0.0710. The molecule has 13 heteroatoms. The maximum absolute atomic E-state index is 12.8. The summed E-state index contributed by atoms with van der Waals surface area (Å²) in [5.74, 6) is -3.48. The lowest BCUT2D eigenvalue weighted by Gasteiger charge is -2.25. The number of aromatic amines is 1. The van der Waals surface area contributed by atoms with E-state index in [1.165, 1.54) is 12.5 Å². The average Bonchev–Trinajstić information content (AvgIpc) is 3.21. The summed E-state index contributed by atoms with van der Waals surface area (Å²) in [5, 5.41) is 16.7. The predicted molar refractivity (Wildman–Crippen MR) is 116 cm³/mol. The number of aromatic nitrogens is 2. The molecule has 1 aromatic rings. The molecule has 4 unspecified atom stereocenters. The number of hydrogen-bond donors (Lipinski definition) is 8. The Morgan fingerprint density at radius 2 is 1.67 bits per heavy atom. The first kappa shape index (κ1) is 25.8. The normalized spacial score (nSPS) is 15.0. The summed E-state index contributed by atoms with van der Waals surface area (Å²) >= 11 is 8.04. The van der Waals surface area contributed by atoms with E-state index >= 15 is 0 Å². The highest BCUT2D eigenvalue weighted by atomic mass is 32.1. The molecular weight excluding hydrogens is 432 g/mol. The Labute approximate surface area is 185 Å². The molecule has 0 aliphatic rings. The van der Waals surface area contributed by atoms with Crippen molar-refractivity contribution in [2.45, 2.75) is 44.4 Å². The molecule has 3 amide bonds. The monoisotopic (exact) mass is 460 g/mol. The fourth-order valence-electron chi connectivity index (χ4n) is 2.42. The van der Waals surface area contributed by atoms with E-state index in [0.717, 1.165) is 0 Å². The smallest absolute Gasteiger partial charge is 0.326 e. The minimum Gasteiger partial charge on any atom is -0.480 e. The van der Waals surface area contributed by atoms with Crippen LogP contribution in [0, 0.1) is 5.92 Å². The molecule has 168 valence electrons. The molecule has 0 saturated carbocycles. The van der Waals surface area contributed by atoms with Crippen LogP contribution in [-0.2, 0) is 25.6 Å². The van der Waals surface area contributed by atoms with Gasteiger partial charge in [0.15, 0.2) is 0 Å². The fourth-order valence-corrected chi connectivity index (χ4v) is 2.84. The lowest BCUT2D eigenvalue weighted by atomic mass is 10.0. The van der Waals surface area contributed by atoms with E-state index in [2.05, 4.69) is 51.2 Å². The van der Waals surface area contributed by atoms with Crippen molar-refractivity contribution in [3.8, 4) is 0 Å². The Morgan fingerprint density at radius 1 is 1.07 bits per heavy atom. The standard InChI is InChI=1S/C17H28N6O5S2/c1-8(2)13(17(27)28)23-16(26)12(6-30)22-15(25)11(3-9-4-19-7-20-9)21-14(24)10(18)5-29/h4,7-8,10-13,29-30H,3,5-6,18H2,1-2H3,(H,19,20)(H,21,24)(H,22,25)(H,23,26)(H,27,28). The maximum Gasteiger partial charge on any atom is 0.326 e. The van der Waals surface area contributed by atoms with E-state index in [9.17, 15) is 24.3 Å². The van der Waals surface area contributed by atoms with Crippen LogP contribution in [0.5, 0.6) is 0 Å². The van der Waals surface area contributed by atoms with Crippen molar-refractivity contribution in [2.24, 2.45) is 11.7 Å². The van der Waals surface area contributed by atoms with E-state index in [-0.39, 0.29) is 23.8 Å². The first-order valence-corrected chi connectivity index (χ1v) is 10.5. The number of carbonyl (C=O) groups excluding carboxylic acids is 3. The second-order valence-electron chi connectivity index (χ2n) is 6.94. The molecule has 0 fully saturated rings. The van der Waals surface area contributed by atoms with Crippen LogP contribution in [-0.4, -0.2) is 74.4 Å². The van der Waals surface area contributed by atoms with Gasteiger partial charge in [0.2, 0.25) is 17.7 Å². The number of H-pyrrole nitrogens is 1. The third kappa shape index (κ3) is 7.88. The van der Waals surface area contributed by atoms with Crippen LogP contribution in [0.2, 0.25) is 0 Å². The molecule has 1 heterocycles. The summed E-state index contributed by atoms with van der Waals surface area (Å²) in [6.07, 6.45) is 2.99. The van der Waals surface area contributed by atoms with Gasteiger partial charge in [0.25, 0.3) is 0 Å². The van der Waals surface area contributed by atoms with Crippen molar-refractivity contribution < 1.29 is 24.3 Å². The van der Waals surface area contributed by atoms with Gasteiger partial charge >= 0.3 is 5.97 Å². The molecule has 0 aliphatic heterocycles. The summed E-state index contributed by atoms with van der Waals surface area (Å²) in [6, 6.07) is -4.21. The molecule has 30 heavy (non-hydrogen) atoms. The van der Waals surface area contributed by atoms with Gasteiger partial charge in [-0.1, -0.05) is 13.8 Å². The molecule has 0 aromatic carbocycles. The number of aliphatic carboxylic acids is 1. The number of amides is 3. The first-order valence-electron chi connectivity index (χ1n) is 9.19. The van der Waals surface area contributed by atoms with Crippen LogP contribution in [0.15, 0.2) is 12.5 Å². The molecule has 0 aliphatic carbocycles. The zero-order chi connectivity index (χ0) is 22.8. The van der Waals surface area contributed by atoms with E-state index < -0.39 is 47.9 Å². The van der Waals surface area contributed by atoms with Crippen LogP contribution in [0.1, 0.15) is 19.5 Å². The molecule has 1 aromatic heterocycles. The highest BCUT2D eigenvalue weighted by Gasteiger charge is 2.30. The molecule has 0 saturated heterocycles. The zero-order valence-electron chi connectivity index (χ0n) is 16.7. The number of nitrogens with zero attached hydrogens (tertiary/aromatic N) is 1. The minimum atomic E-state index is -1.19. The van der Waals surface area contributed by atoms with Gasteiger partial charge in [-0.15, -0.1) is 0 Å². The molecule has 0 radical (unpaired) electrons. The average molecular weight is 461 g/mol. The second kappa shape index (κ2) is 12.4. The van der Waals surface area contributed by atoms with Crippen LogP contribution >= 0.6 is 25.3 Å². The summed E-state index contributed by atoms with van der Waals surface area (Å²) in [4.78, 5) is 55.4. The van der Waals surface area contributed by atoms with Crippen molar-refractivity contribution >= 4 is 48.9 Å². The van der Waals surface area contributed by atoms with Crippen LogP contribution in [0.3, 0.4) is 0 Å². The lowest BCUT2D eigenvalue weighted by molar-refractivity contribution is -0.143. The van der Waals surface area contributed by atoms with Gasteiger partial charge in [-0.3, -0.25) is 14.4 Å². The van der Waals surface area contributed by atoms with E-state index in [0.29, 0.717) is 5.69 Å². The third-order valence-electron chi connectivity index (χ3n) is 4.19. The number of carboxylic acids is 1. The largest absolute Gasteiger partial charge is 0.480 e. The number of nitrogens with one attached hydrogen (secondary N) is 4. The van der Waals surface area contributed by atoms with E-state index in [4.69, 9.17) is 5.73 Å². The van der Waals surface area contributed by atoms with Gasteiger partial charge in [0, 0.05) is 29.8 Å². The van der Waals surface area contributed by atoms with Gasteiger partial charge in [-0.25, -0.2) is 9.78 Å². The molecule has 1 rings (SSSR count). The molecular formula is C17H28N6O5S2. The Hall–Kier alpha value is -2.25. The van der Waals surface area contributed by atoms with Crippen molar-refractivity contribution in [3.63, 3.8) is 0 Å². The third-order valence-corrected chi connectivity index (χ3v) is 4.95. The summed E-state index contributed by atoms with van der Waals surface area (Å²) in [5.41, 5.74) is 6.23. The first-order chi connectivity index (χ1) is 14.1. The quantitative estimate of drug-likeness (QED) is 0.172. The molecule has 4 atom stereocenters. The maximum atomic E-state index is 12.8. The van der Waals surface area contributed by atoms with Gasteiger partial charge in [0.05, 0.1) is 12.4 Å². The fraction of sp³-hybridized carbons (Fsp3) is 0.588. The lowest BCUT2D eigenvalue weighted by Crippen LogP contribution is -2.58. The SMILES string of the molecule is CC(C)C(NC(=O)C(CS)NC(=O)C(Cc1cnc[nH]1)NC(=O)C(N)CS)C(=O)O. The van der Waals surface area contributed by atoms with E-state index in [1.54, 1.807) is 13.8 Å². The zero-order valence-corrected chi connectivity index (χ0v) is 18.5. The number of imidazole rings is 1. The summed E-state index contributed by atoms with van der Waals surface area (Å²) < 4.78 is 0. The number of thiol groups is 2. The molecule has 0 bridgehead atoms. The van der Waals surface area contributed by atoms with Gasteiger partial charge in [-0.05, 0) is 5.92 Å². The topological polar surface area (TPSA) is 179 Å². The number of hydrogen-bond acceptors (Lipinski definition) is 8. The van der Waals surface area contributed by atoms with Gasteiger partial charge < -0.3 is 31.8 Å². The van der Waals surface area contributed by atoms with Crippen LogP contribution < -0.4 is 21.7 Å². The van der Waals surface area contributed by atoms with Crippen LogP contribution in [0.4, 0.5) is 0 Å². The van der Waals surface area contributed by atoms with Crippen LogP contribution in [0.25, 0.3) is 0 Å². The Kier molecular flexibility index (Phi) is 10.7. The Bertz CT molecular complexity index is 730.